The lowest BCUT2D eigenvalue weighted by atomic mass is 10.0. The number of carbonyl (C=O) groups is 1. The van der Waals surface area contributed by atoms with Gasteiger partial charge in [0.15, 0.2) is 5.82 Å². The number of hydrogen-bond acceptors (Lipinski definition) is 2. The van der Waals surface area contributed by atoms with Crippen molar-refractivity contribution in [1.29, 1.82) is 0 Å². The van der Waals surface area contributed by atoms with Crippen LogP contribution in [0.25, 0.3) is 0 Å². The monoisotopic (exact) mass is 306 g/mol. The smallest absolute Gasteiger partial charge is 0.241 e. The highest BCUT2D eigenvalue weighted by atomic mass is 79.9. The fraction of sp³-hybridized carbons (Fsp3) is 0.364. The molecule has 1 aromatic rings. The van der Waals surface area contributed by atoms with Gasteiger partial charge in [0, 0.05) is 10.5 Å². The number of nitrogens with two attached hydrogens (primary N) is 1. The summed E-state index contributed by atoms with van der Waals surface area (Å²) in [6.45, 7) is 3.56. The largest absolute Gasteiger partial charge is 0.321 e. The molecule has 0 spiro atoms. The Labute approximate surface area is 107 Å². The molecule has 0 aliphatic carbocycles. The van der Waals surface area contributed by atoms with E-state index in [1.165, 1.54) is 0 Å². The van der Waals surface area contributed by atoms with E-state index in [2.05, 4.69) is 21.2 Å². The van der Waals surface area contributed by atoms with Gasteiger partial charge in [-0.25, -0.2) is 8.78 Å². The fourth-order valence-electron chi connectivity index (χ4n) is 1.17. The van der Waals surface area contributed by atoms with Gasteiger partial charge in [0.05, 0.1) is 11.7 Å². The van der Waals surface area contributed by atoms with Crippen molar-refractivity contribution in [2.45, 2.75) is 19.9 Å². The minimum Gasteiger partial charge on any atom is -0.321 e. The molecule has 0 fully saturated rings. The molecule has 3 N–H and O–H groups in total. The third-order valence-electron chi connectivity index (χ3n) is 2.28. The summed E-state index contributed by atoms with van der Waals surface area (Å²) < 4.78 is 26.4. The van der Waals surface area contributed by atoms with Gasteiger partial charge in [-0.15, -0.1) is 0 Å². The molecule has 0 saturated heterocycles. The summed E-state index contributed by atoms with van der Waals surface area (Å²) in [5, 5.41) is 2.33. The zero-order chi connectivity index (χ0) is 13.2. The molecular formula is C11H13BrF2N2O. The average Bonchev–Trinajstić information content (AvgIpc) is 2.21. The van der Waals surface area contributed by atoms with E-state index in [9.17, 15) is 13.6 Å². The lowest BCUT2D eigenvalue weighted by Gasteiger charge is -2.16. The van der Waals surface area contributed by atoms with Crippen LogP contribution < -0.4 is 11.1 Å². The molecule has 0 saturated carbocycles. The van der Waals surface area contributed by atoms with Gasteiger partial charge < -0.3 is 11.1 Å². The van der Waals surface area contributed by atoms with Crippen LogP contribution in [-0.4, -0.2) is 11.9 Å². The number of hydrogen-bond donors (Lipinski definition) is 2. The van der Waals surface area contributed by atoms with Gasteiger partial charge in [-0.2, -0.15) is 0 Å². The Morgan fingerprint density at radius 1 is 1.41 bits per heavy atom. The normalized spacial score (nSPS) is 12.6. The minimum atomic E-state index is -0.846. The first-order valence-electron chi connectivity index (χ1n) is 5.04. The van der Waals surface area contributed by atoms with Crippen LogP contribution in [0, 0.1) is 17.6 Å². The van der Waals surface area contributed by atoms with Gasteiger partial charge >= 0.3 is 0 Å². The molecule has 0 aliphatic rings. The third-order valence-corrected chi connectivity index (χ3v) is 2.90. The lowest BCUT2D eigenvalue weighted by Crippen LogP contribution is -2.40. The summed E-state index contributed by atoms with van der Waals surface area (Å²) in [5.41, 5.74) is 5.51. The molecule has 1 rings (SSSR count). The zero-order valence-electron chi connectivity index (χ0n) is 9.43. The number of rotatable bonds is 3. The maximum absolute atomic E-state index is 13.4. The molecule has 6 heteroatoms. The Balaban J connectivity index is 2.93. The fourth-order valence-corrected chi connectivity index (χ4v) is 1.68. The van der Waals surface area contributed by atoms with Crippen LogP contribution in [0.5, 0.6) is 0 Å². The van der Waals surface area contributed by atoms with Crippen LogP contribution in [0.15, 0.2) is 16.6 Å². The van der Waals surface area contributed by atoms with E-state index in [0.29, 0.717) is 6.07 Å². The summed E-state index contributed by atoms with van der Waals surface area (Å²) in [6.07, 6.45) is 0. The SMILES string of the molecule is CC(C)[C@H](N)C(=O)Nc1c(F)cc(F)cc1Br. The number of anilines is 1. The average molecular weight is 307 g/mol. The quantitative estimate of drug-likeness (QED) is 0.902. The Bertz CT molecular complexity index is 414. The van der Waals surface area contributed by atoms with E-state index in [1.807, 2.05) is 0 Å². The topological polar surface area (TPSA) is 55.1 Å². The van der Waals surface area contributed by atoms with E-state index in [1.54, 1.807) is 13.8 Å². The lowest BCUT2D eigenvalue weighted by molar-refractivity contribution is -0.118. The zero-order valence-corrected chi connectivity index (χ0v) is 11.0. The first-order valence-corrected chi connectivity index (χ1v) is 5.83. The van der Waals surface area contributed by atoms with Crippen molar-refractivity contribution in [1.82, 2.24) is 0 Å². The van der Waals surface area contributed by atoms with Gasteiger partial charge in [0.2, 0.25) is 5.91 Å². The Morgan fingerprint density at radius 2 is 2.00 bits per heavy atom. The number of amides is 1. The highest BCUT2D eigenvalue weighted by Crippen LogP contribution is 2.27. The van der Waals surface area contributed by atoms with Crippen molar-refractivity contribution in [3.05, 3.63) is 28.2 Å². The molecule has 94 valence electrons. The first-order chi connectivity index (χ1) is 7.82. The molecule has 1 aromatic carbocycles. The number of nitrogens with one attached hydrogen (secondary N) is 1. The van der Waals surface area contributed by atoms with Crippen molar-refractivity contribution in [3.8, 4) is 0 Å². The van der Waals surface area contributed by atoms with E-state index in [4.69, 9.17) is 5.73 Å². The molecular weight excluding hydrogens is 294 g/mol. The van der Waals surface area contributed by atoms with Crippen LogP contribution in [0.2, 0.25) is 0 Å². The van der Waals surface area contributed by atoms with E-state index >= 15 is 0 Å². The van der Waals surface area contributed by atoms with Crippen molar-refractivity contribution in [3.63, 3.8) is 0 Å². The molecule has 1 atom stereocenters. The van der Waals surface area contributed by atoms with Crippen LogP contribution in [0.1, 0.15) is 13.8 Å². The maximum atomic E-state index is 13.4. The summed E-state index contributed by atoms with van der Waals surface area (Å²) in [6, 6.07) is 1.02. The van der Waals surface area contributed by atoms with Crippen molar-refractivity contribution < 1.29 is 13.6 Å². The number of halogens is 3. The van der Waals surface area contributed by atoms with Gasteiger partial charge in [0.1, 0.15) is 5.82 Å². The summed E-state index contributed by atoms with van der Waals surface area (Å²) in [5.74, 6) is -2.15. The van der Waals surface area contributed by atoms with Crippen LogP contribution in [0.4, 0.5) is 14.5 Å². The Morgan fingerprint density at radius 3 is 2.47 bits per heavy atom. The predicted octanol–water partition coefficient (Wildman–Crippen LogP) is 2.65. The van der Waals surface area contributed by atoms with Gasteiger partial charge in [0.25, 0.3) is 0 Å². The van der Waals surface area contributed by atoms with Crippen molar-refractivity contribution >= 4 is 27.5 Å². The maximum Gasteiger partial charge on any atom is 0.241 e. The Kier molecular flexibility index (Phi) is 4.59. The van der Waals surface area contributed by atoms with Crippen molar-refractivity contribution in [2.24, 2.45) is 11.7 Å². The second kappa shape index (κ2) is 5.55. The molecule has 0 bridgehead atoms. The standard InChI is InChI=1S/C11H13BrF2N2O/c1-5(2)9(15)11(17)16-10-7(12)3-6(13)4-8(10)14/h3-5,9H,15H2,1-2H3,(H,16,17)/t9-/m0/s1. The van der Waals surface area contributed by atoms with Crippen molar-refractivity contribution in [2.75, 3.05) is 5.32 Å². The molecule has 0 radical (unpaired) electrons. The molecule has 3 nitrogen and oxygen atoms in total. The van der Waals surface area contributed by atoms with Gasteiger partial charge in [-0.05, 0) is 27.9 Å². The second-order valence-electron chi connectivity index (χ2n) is 4.00. The van der Waals surface area contributed by atoms with Gasteiger partial charge in [-0.1, -0.05) is 13.8 Å². The molecule has 0 unspecified atom stereocenters. The van der Waals surface area contributed by atoms with Crippen LogP contribution in [0.3, 0.4) is 0 Å². The Hall–Kier alpha value is -1.01. The number of benzene rings is 1. The molecule has 0 aromatic heterocycles. The predicted molar refractivity (Wildman–Crippen MR) is 65.5 cm³/mol. The first kappa shape index (κ1) is 14.1. The summed E-state index contributed by atoms with van der Waals surface area (Å²) in [7, 11) is 0. The van der Waals surface area contributed by atoms with Gasteiger partial charge in [-0.3, -0.25) is 4.79 Å². The summed E-state index contributed by atoms with van der Waals surface area (Å²) >= 11 is 2.98. The summed E-state index contributed by atoms with van der Waals surface area (Å²) in [4.78, 5) is 11.6. The molecule has 1 amide bonds. The third kappa shape index (κ3) is 3.47. The van der Waals surface area contributed by atoms with Crippen LogP contribution >= 0.6 is 15.9 Å². The highest BCUT2D eigenvalue weighted by Gasteiger charge is 2.20. The second-order valence-corrected chi connectivity index (χ2v) is 4.86. The minimum absolute atomic E-state index is 0.0720. The molecule has 17 heavy (non-hydrogen) atoms. The molecule has 0 heterocycles. The highest BCUT2D eigenvalue weighted by molar-refractivity contribution is 9.10. The van der Waals surface area contributed by atoms with E-state index in [-0.39, 0.29) is 16.1 Å². The van der Waals surface area contributed by atoms with E-state index < -0.39 is 23.6 Å². The molecule has 0 aliphatic heterocycles. The number of carbonyl (C=O) groups excluding carboxylic acids is 1. The van der Waals surface area contributed by atoms with E-state index in [0.717, 1.165) is 6.07 Å². The van der Waals surface area contributed by atoms with Crippen LogP contribution in [-0.2, 0) is 4.79 Å².